The minimum absolute atomic E-state index is 0. The number of benzene rings is 1. The van der Waals surface area contributed by atoms with E-state index < -0.39 is 29.0 Å². The van der Waals surface area contributed by atoms with Crippen LogP contribution in [0.3, 0.4) is 0 Å². The molecule has 3 nitrogen and oxygen atoms in total. The molecule has 0 aliphatic carbocycles. The van der Waals surface area contributed by atoms with Crippen LogP contribution in [0.15, 0.2) is 18.2 Å². The van der Waals surface area contributed by atoms with Gasteiger partial charge in [-0.25, -0.2) is 4.39 Å². The Hall–Kier alpha value is -1.34. The maximum atomic E-state index is 13.6. The van der Waals surface area contributed by atoms with Crippen LogP contribution < -0.4 is 5.32 Å². The lowest BCUT2D eigenvalue weighted by Gasteiger charge is -2.17. The summed E-state index contributed by atoms with van der Waals surface area (Å²) in [5.74, 6) is -1.64. The number of likely N-dealkylation sites (N-methyl/N-ethyl adjacent to an activating group) is 1. The van der Waals surface area contributed by atoms with Gasteiger partial charge in [-0.15, -0.1) is 12.4 Å². The van der Waals surface area contributed by atoms with Crippen molar-refractivity contribution >= 4 is 18.3 Å². The highest BCUT2D eigenvalue weighted by molar-refractivity contribution is 5.95. The molecule has 0 saturated carbocycles. The summed E-state index contributed by atoms with van der Waals surface area (Å²) in [7, 11) is 1.74. The second-order valence-corrected chi connectivity index (χ2v) is 4.72. The van der Waals surface area contributed by atoms with Gasteiger partial charge in [0.1, 0.15) is 5.82 Å². The van der Waals surface area contributed by atoms with Crippen molar-refractivity contribution in [2.75, 3.05) is 20.1 Å². The molecule has 1 unspecified atom stereocenters. The number of alkyl halides is 3. The molecule has 8 heteroatoms. The third-order valence-corrected chi connectivity index (χ3v) is 3.41. The van der Waals surface area contributed by atoms with Crippen molar-refractivity contribution in [3.05, 3.63) is 35.1 Å². The number of carbonyl (C=O) groups excluding carboxylic acids is 1. The van der Waals surface area contributed by atoms with Crippen molar-refractivity contribution in [1.29, 1.82) is 0 Å². The zero-order valence-corrected chi connectivity index (χ0v) is 12.0. The lowest BCUT2D eigenvalue weighted by molar-refractivity contribution is -0.137. The first-order chi connectivity index (χ1) is 9.32. The van der Waals surface area contributed by atoms with Crippen LogP contribution in [0.25, 0.3) is 0 Å². The molecule has 1 saturated heterocycles. The van der Waals surface area contributed by atoms with Gasteiger partial charge in [-0.2, -0.15) is 13.2 Å². The van der Waals surface area contributed by atoms with Crippen LogP contribution in [0, 0.1) is 5.82 Å². The SMILES string of the molecule is CNC1CCN(C(=O)c2cc(C(F)(F)F)ccc2F)C1.Cl. The van der Waals surface area contributed by atoms with Gasteiger partial charge in [-0.1, -0.05) is 0 Å². The van der Waals surface area contributed by atoms with Crippen molar-refractivity contribution < 1.29 is 22.4 Å². The summed E-state index contributed by atoms with van der Waals surface area (Å²) < 4.78 is 51.4. The van der Waals surface area contributed by atoms with Gasteiger partial charge in [0.25, 0.3) is 5.91 Å². The quantitative estimate of drug-likeness (QED) is 0.848. The van der Waals surface area contributed by atoms with Gasteiger partial charge in [0.05, 0.1) is 11.1 Å². The average Bonchev–Trinajstić information content (AvgIpc) is 2.86. The number of hydrogen-bond donors (Lipinski definition) is 1. The average molecular weight is 327 g/mol. The van der Waals surface area contributed by atoms with E-state index in [0.717, 1.165) is 0 Å². The second kappa shape index (κ2) is 6.62. The number of carbonyl (C=O) groups is 1. The number of hydrogen-bond acceptors (Lipinski definition) is 2. The van der Waals surface area contributed by atoms with E-state index in [1.807, 2.05) is 0 Å². The zero-order valence-electron chi connectivity index (χ0n) is 11.2. The molecule has 1 amide bonds. The summed E-state index contributed by atoms with van der Waals surface area (Å²) in [4.78, 5) is 13.5. The van der Waals surface area contributed by atoms with E-state index in [9.17, 15) is 22.4 Å². The molecule has 1 aliphatic rings. The first kappa shape index (κ1) is 17.7. The molecule has 21 heavy (non-hydrogen) atoms. The normalized spacial score (nSPS) is 18.5. The van der Waals surface area contributed by atoms with Crippen molar-refractivity contribution in [2.24, 2.45) is 0 Å². The first-order valence-electron chi connectivity index (χ1n) is 6.16. The zero-order chi connectivity index (χ0) is 14.9. The number of nitrogens with one attached hydrogen (secondary N) is 1. The monoisotopic (exact) mass is 326 g/mol. The molecule has 118 valence electrons. The lowest BCUT2D eigenvalue weighted by Crippen LogP contribution is -2.34. The molecule has 1 heterocycles. The summed E-state index contributed by atoms with van der Waals surface area (Å²) in [5, 5.41) is 2.98. The summed E-state index contributed by atoms with van der Waals surface area (Å²) in [5.41, 5.74) is -1.55. The Morgan fingerprint density at radius 3 is 2.57 bits per heavy atom. The molecular formula is C13H15ClF4N2O. The predicted molar refractivity (Wildman–Crippen MR) is 72.0 cm³/mol. The number of nitrogens with zero attached hydrogens (tertiary/aromatic N) is 1. The molecule has 2 rings (SSSR count). The van der Waals surface area contributed by atoms with Crippen LogP contribution in [-0.4, -0.2) is 37.0 Å². The molecule has 0 bridgehead atoms. The van der Waals surface area contributed by atoms with E-state index in [0.29, 0.717) is 37.7 Å². The van der Waals surface area contributed by atoms with Gasteiger partial charge < -0.3 is 10.2 Å². The Bertz CT molecular complexity index is 521. The Kier molecular flexibility index (Phi) is 5.58. The van der Waals surface area contributed by atoms with Gasteiger partial charge in [0, 0.05) is 19.1 Å². The van der Waals surface area contributed by atoms with E-state index in [4.69, 9.17) is 0 Å². The highest BCUT2D eigenvalue weighted by atomic mass is 35.5. The molecule has 1 atom stereocenters. The Balaban J connectivity index is 0.00000220. The number of halogens is 5. The van der Waals surface area contributed by atoms with Crippen molar-refractivity contribution in [2.45, 2.75) is 18.6 Å². The molecule has 1 aromatic carbocycles. The topological polar surface area (TPSA) is 32.3 Å². The van der Waals surface area contributed by atoms with E-state index in [1.54, 1.807) is 7.05 Å². The first-order valence-corrected chi connectivity index (χ1v) is 6.16. The van der Waals surface area contributed by atoms with Crippen molar-refractivity contribution in [3.63, 3.8) is 0 Å². The van der Waals surface area contributed by atoms with E-state index in [-0.39, 0.29) is 18.4 Å². The van der Waals surface area contributed by atoms with Gasteiger partial charge >= 0.3 is 6.18 Å². The predicted octanol–water partition coefficient (Wildman–Crippen LogP) is 2.70. The van der Waals surface area contributed by atoms with Crippen LogP contribution in [0.1, 0.15) is 22.3 Å². The van der Waals surface area contributed by atoms with Gasteiger partial charge in [-0.05, 0) is 31.7 Å². The highest BCUT2D eigenvalue weighted by Crippen LogP contribution is 2.30. The largest absolute Gasteiger partial charge is 0.416 e. The number of rotatable bonds is 2. The number of amides is 1. The standard InChI is InChI=1S/C13H14F4N2O.ClH/c1-18-9-4-5-19(7-9)12(20)10-6-8(13(15,16)17)2-3-11(10)14;/h2-3,6,9,18H,4-5,7H2,1H3;1H. The Morgan fingerprint density at radius 1 is 1.38 bits per heavy atom. The van der Waals surface area contributed by atoms with Crippen molar-refractivity contribution in [3.8, 4) is 0 Å². The summed E-state index contributed by atoms with van der Waals surface area (Å²) >= 11 is 0. The summed E-state index contributed by atoms with van der Waals surface area (Å²) in [6.07, 6.45) is -3.90. The minimum atomic E-state index is -4.60. The Morgan fingerprint density at radius 2 is 2.05 bits per heavy atom. The van der Waals surface area contributed by atoms with Gasteiger partial charge in [0.2, 0.25) is 0 Å². The molecule has 1 aliphatic heterocycles. The lowest BCUT2D eigenvalue weighted by atomic mass is 10.1. The fourth-order valence-electron chi connectivity index (χ4n) is 2.22. The summed E-state index contributed by atoms with van der Waals surface area (Å²) in [6.45, 7) is 0.769. The fraction of sp³-hybridized carbons (Fsp3) is 0.462. The van der Waals surface area contributed by atoms with Crippen LogP contribution >= 0.6 is 12.4 Å². The van der Waals surface area contributed by atoms with E-state index >= 15 is 0 Å². The number of likely N-dealkylation sites (tertiary alicyclic amines) is 1. The minimum Gasteiger partial charge on any atom is -0.337 e. The third kappa shape index (κ3) is 3.85. The Labute approximate surface area is 125 Å². The second-order valence-electron chi connectivity index (χ2n) is 4.72. The van der Waals surface area contributed by atoms with Crippen LogP contribution in [0.4, 0.5) is 17.6 Å². The molecule has 0 radical (unpaired) electrons. The molecule has 0 spiro atoms. The molecule has 0 aromatic heterocycles. The van der Waals surface area contributed by atoms with Gasteiger partial charge in [-0.3, -0.25) is 4.79 Å². The fourth-order valence-corrected chi connectivity index (χ4v) is 2.22. The maximum absolute atomic E-state index is 13.6. The summed E-state index contributed by atoms with van der Waals surface area (Å²) in [6, 6.07) is 1.98. The third-order valence-electron chi connectivity index (χ3n) is 3.41. The molecular weight excluding hydrogens is 312 g/mol. The smallest absolute Gasteiger partial charge is 0.337 e. The van der Waals surface area contributed by atoms with Crippen molar-refractivity contribution in [1.82, 2.24) is 10.2 Å². The maximum Gasteiger partial charge on any atom is 0.416 e. The molecule has 1 N–H and O–H groups in total. The van der Waals surface area contributed by atoms with E-state index in [2.05, 4.69) is 5.32 Å². The van der Waals surface area contributed by atoms with Crippen LogP contribution in [0.2, 0.25) is 0 Å². The molecule has 1 aromatic rings. The van der Waals surface area contributed by atoms with Crippen LogP contribution in [-0.2, 0) is 6.18 Å². The highest BCUT2D eigenvalue weighted by Gasteiger charge is 2.33. The van der Waals surface area contributed by atoms with E-state index in [1.165, 1.54) is 4.90 Å². The van der Waals surface area contributed by atoms with Crippen LogP contribution in [0.5, 0.6) is 0 Å². The molecule has 1 fully saturated rings. The van der Waals surface area contributed by atoms with Gasteiger partial charge in [0.15, 0.2) is 0 Å².